The van der Waals surface area contributed by atoms with E-state index in [1.54, 1.807) is 0 Å². The van der Waals surface area contributed by atoms with Crippen LogP contribution in [0.15, 0.2) is 42.5 Å². The molecule has 0 radical (unpaired) electrons. The Kier molecular flexibility index (Phi) is 7.27. The lowest BCUT2D eigenvalue weighted by atomic mass is 10.0. The van der Waals surface area contributed by atoms with Gasteiger partial charge in [0.05, 0.1) is 16.8 Å². The summed E-state index contributed by atoms with van der Waals surface area (Å²) in [6.07, 6.45) is 2.71. The van der Waals surface area contributed by atoms with Crippen LogP contribution in [0.4, 0.5) is 5.69 Å². The van der Waals surface area contributed by atoms with Crippen molar-refractivity contribution in [3.05, 3.63) is 64.2 Å². The highest BCUT2D eigenvalue weighted by Gasteiger charge is 2.12. The van der Waals surface area contributed by atoms with E-state index in [2.05, 4.69) is 48.2 Å². The van der Waals surface area contributed by atoms with E-state index < -0.39 is 10.0 Å². The fourth-order valence-corrected chi connectivity index (χ4v) is 3.39. The molecule has 146 valence electrons. The summed E-state index contributed by atoms with van der Waals surface area (Å²) in [6, 6.07) is 13.0. The number of halogens is 1. The smallest absolute Gasteiger partial charge is 0.252 e. The van der Waals surface area contributed by atoms with Gasteiger partial charge in [0, 0.05) is 12.2 Å². The maximum absolute atomic E-state index is 12.3. The van der Waals surface area contributed by atoms with Crippen LogP contribution in [0.5, 0.6) is 0 Å². The average Bonchev–Trinajstić information content (AvgIpc) is 2.59. The second kappa shape index (κ2) is 9.24. The number of anilines is 1. The zero-order chi connectivity index (χ0) is 20.0. The van der Waals surface area contributed by atoms with E-state index in [-0.39, 0.29) is 16.5 Å². The number of carbonyl (C=O) groups is 1. The highest BCUT2D eigenvalue weighted by molar-refractivity contribution is 7.92. The van der Waals surface area contributed by atoms with Crippen LogP contribution in [-0.4, -0.2) is 27.1 Å². The molecule has 0 spiro atoms. The van der Waals surface area contributed by atoms with Gasteiger partial charge in [-0.25, -0.2) is 8.42 Å². The molecule has 0 heterocycles. The fraction of sp³-hybridized carbons (Fsp3) is 0.350. The Morgan fingerprint density at radius 2 is 1.78 bits per heavy atom. The van der Waals surface area contributed by atoms with Crippen LogP contribution in [0.1, 0.15) is 47.7 Å². The van der Waals surface area contributed by atoms with Gasteiger partial charge < -0.3 is 5.32 Å². The Morgan fingerprint density at radius 3 is 2.37 bits per heavy atom. The molecule has 0 aliphatic carbocycles. The molecular weight excluding hydrogens is 384 g/mol. The van der Waals surface area contributed by atoms with Gasteiger partial charge in [-0.2, -0.15) is 0 Å². The molecule has 1 amide bonds. The lowest BCUT2D eigenvalue weighted by molar-refractivity contribution is 0.0953. The standard InChI is InChI=1S/C20H25ClN2O3S/c1-14(2)16-8-6-15(7-9-16)5-4-12-22-20(24)18-13-17(10-11-19(18)21)23-27(3,25)26/h6-11,13-14,23H,4-5,12H2,1-3H3,(H,22,24). The molecule has 5 nitrogen and oxygen atoms in total. The molecule has 2 aromatic carbocycles. The molecule has 0 bridgehead atoms. The number of nitrogens with one attached hydrogen (secondary N) is 2. The molecule has 0 unspecified atom stereocenters. The first-order valence-corrected chi connectivity index (χ1v) is 11.1. The first kappa shape index (κ1) is 21.3. The van der Waals surface area contributed by atoms with Crippen LogP contribution in [0.25, 0.3) is 0 Å². The molecule has 0 saturated carbocycles. The second-order valence-corrected chi connectivity index (χ2v) is 8.98. The van der Waals surface area contributed by atoms with Crippen LogP contribution in [0.2, 0.25) is 5.02 Å². The fourth-order valence-electron chi connectivity index (χ4n) is 2.64. The van der Waals surface area contributed by atoms with Crippen molar-refractivity contribution in [1.82, 2.24) is 5.32 Å². The summed E-state index contributed by atoms with van der Waals surface area (Å²) in [5.41, 5.74) is 3.08. The second-order valence-electron chi connectivity index (χ2n) is 6.82. The van der Waals surface area contributed by atoms with Gasteiger partial charge in [0.15, 0.2) is 0 Å². The van der Waals surface area contributed by atoms with Crippen molar-refractivity contribution in [2.24, 2.45) is 0 Å². The van der Waals surface area contributed by atoms with Crippen molar-refractivity contribution in [2.45, 2.75) is 32.6 Å². The normalized spacial score (nSPS) is 11.4. The third-order valence-corrected chi connectivity index (χ3v) is 5.02. The van der Waals surface area contributed by atoms with E-state index in [4.69, 9.17) is 11.6 Å². The van der Waals surface area contributed by atoms with Gasteiger partial charge in [-0.15, -0.1) is 0 Å². The van der Waals surface area contributed by atoms with Crippen LogP contribution in [-0.2, 0) is 16.4 Å². The third kappa shape index (κ3) is 6.88. The molecule has 0 aliphatic heterocycles. The summed E-state index contributed by atoms with van der Waals surface area (Å²) in [5.74, 6) is 0.184. The van der Waals surface area contributed by atoms with Gasteiger partial charge in [-0.05, 0) is 48.1 Å². The summed E-state index contributed by atoms with van der Waals surface area (Å²) in [5, 5.41) is 3.10. The van der Waals surface area contributed by atoms with E-state index >= 15 is 0 Å². The number of aryl methyl sites for hydroxylation is 1. The minimum atomic E-state index is -3.42. The zero-order valence-corrected chi connectivity index (χ0v) is 17.3. The molecule has 0 aromatic heterocycles. The summed E-state index contributed by atoms with van der Waals surface area (Å²) >= 11 is 6.07. The molecule has 2 aromatic rings. The Hall–Kier alpha value is -2.05. The molecule has 0 aliphatic rings. The molecule has 27 heavy (non-hydrogen) atoms. The van der Waals surface area contributed by atoms with Crippen molar-refractivity contribution in [3.63, 3.8) is 0 Å². The number of hydrogen-bond acceptors (Lipinski definition) is 3. The quantitative estimate of drug-likeness (QED) is 0.643. The van der Waals surface area contributed by atoms with Crippen LogP contribution < -0.4 is 10.0 Å². The van der Waals surface area contributed by atoms with Crippen LogP contribution >= 0.6 is 11.6 Å². The van der Waals surface area contributed by atoms with Gasteiger partial charge in [-0.1, -0.05) is 49.7 Å². The summed E-state index contributed by atoms with van der Waals surface area (Å²) in [7, 11) is -3.42. The molecule has 7 heteroatoms. The predicted molar refractivity (Wildman–Crippen MR) is 111 cm³/mol. The molecule has 0 saturated heterocycles. The van der Waals surface area contributed by atoms with E-state index in [9.17, 15) is 13.2 Å². The number of rotatable bonds is 8. The van der Waals surface area contributed by atoms with Crippen LogP contribution in [0.3, 0.4) is 0 Å². The molecule has 0 atom stereocenters. The van der Waals surface area contributed by atoms with Gasteiger partial charge in [0.1, 0.15) is 0 Å². The van der Waals surface area contributed by atoms with E-state index in [0.717, 1.165) is 19.1 Å². The lowest BCUT2D eigenvalue weighted by Crippen LogP contribution is -2.25. The molecule has 0 fully saturated rings. The van der Waals surface area contributed by atoms with Crippen molar-refractivity contribution >= 4 is 33.2 Å². The minimum absolute atomic E-state index is 0.242. The monoisotopic (exact) mass is 408 g/mol. The van der Waals surface area contributed by atoms with Crippen molar-refractivity contribution in [2.75, 3.05) is 17.5 Å². The van der Waals surface area contributed by atoms with Gasteiger partial charge in [0.25, 0.3) is 5.91 Å². The van der Waals surface area contributed by atoms with E-state index in [0.29, 0.717) is 18.2 Å². The largest absolute Gasteiger partial charge is 0.352 e. The maximum atomic E-state index is 12.3. The summed E-state index contributed by atoms with van der Waals surface area (Å²) in [4.78, 5) is 12.3. The zero-order valence-electron chi connectivity index (χ0n) is 15.8. The Labute approximate surface area is 166 Å². The number of carbonyl (C=O) groups excluding carboxylic acids is 1. The van der Waals surface area contributed by atoms with Crippen molar-refractivity contribution in [1.29, 1.82) is 0 Å². The summed E-state index contributed by atoms with van der Waals surface area (Å²) < 4.78 is 25.0. The first-order chi connectivity index (χ1) is 12.7. The van der Waals surface area contributed by atoms with Crippen LogP contribution in [0, 0.1) is 0 Å². The van der Waals surface area contributed by atoms with Gasteiger partial charge in [0.2, 0.25) is 10.0 Å². The lowest BCUT2D eigenvalue weighted by Gasteiger charge is -2.10. The maximum Gasteiger partial charge on any atom is 0.252 e. The number of hydrogen-bond donors (Lipinski definition) is 2. The topological polar surface area (TPSA) is 75.3 Å². The van der Waals surface area contributed by atoms with Gasteiger partial charge >= 0.3 is 0 Å². The van der Waals surface area contributed by atoms with Gasteiger partial charge in [-0.3, -0.25) is 9.52 Å². The average molecular weight is 409 g/mol. The first-order valence-electron chi connectivity index (χ1n) is 8.80. The third-order valence-electron chi connectivity index (χ3n) is 4.09. The molecule has 2 N–H and O–H groups in total. The number of sulfonamides is 1. The Balaban J connectivity index is 1.89. The molecular formula is C20H25ClN2O3S. The number of amides is 1. The molecule has 2 rings (SSSR count). The van der Waals surface area contributed by atoms with Crippen molar-refractivity contribution < 1.29 is 13.2 Å². The van der Waals surface area contributed by atoms with Crippen molar-refractivity contribution in [3.8, 4) is 0 Å². The SMILES string of the molecule is CC(C)c1ccc(CCCNC(=O)c2cc(NS(C)(=O)=O)ccc2Cl)cc1. The highest BCUT2D eigenvalue weighted by Crippen LogP contribution is 2.21. The number of benzene rings is 2. The highest BCUT2D eigenvalue weighted by atomic mass is 35.5. The Morgan fingerprint density at radius 1 is 1.11 bits per heavy atom. The van der Waals surface area contributed by atoms with E-state index in [1.165, 1.54) is 29.3 Å². The predicted octanol–water partition coefficient (Wildman–Crippen LogP) is 4.20. The Bertz CT molecular complexity index is 894. The van der Waals surface area contributed by atoms with E-state index in [1.807, 2.05) is 0 Å². The summed E-state index contributed by atoms with van der Waals surface area (Å²) in [6.45, 7) is 4.83. The minimum Gasteiger partial charge on any atom is -0.352 e.